The van der Waals surface area contributed by atoms with Crippen molar-refractivity contribution in [1.82, 2.24) is 5.32 Å². The molecule has 6 heteroatoms. The first-order valence-corrected chi connectivity index (χ1v) is 9.21. The molecule has 0 saturated carbocycles. The first kappa shape index (κ1) is 20.1. The zero-order valence-electron chi connectivity index (χ0n) is 15.7. The molecule has 0 aliphatic heterocycles. The van der Waals surface area contributed by atoms with Crippen LogP contribution < -0.4 is 15.4 Å². The van der Waals surface area contributed by atoms with Crippen molar-refractivity contribution in [2.75, 3.05) is 18.5 Å². The molecule has 2 amide bonds. The summed E-state index contributed by atoms with van der Waals surface area (Å²) in [4.78, 5) is 23.7. The molecule has 0 bridgehead atoms. The normalized spacial score (nSPS) is 10.2. The maximum Gasteiger partial charge on any atom is 0.313 e. The molecule has 0 heterocycles. The highest BCUT2D eigenvalue weighted by Gasteiger charge is 2.13. The van der Waals surface area contributed by atoms with Gasteiger partial charge < -0.3 is 15.4 Å². The van der Waals surface area contributed by atoms with Crippen LogP contribution in [0.1, 0.15) is 11.1 Å². The summed E-state index contributed by atoms with van der Waals surface area (Å²) in [5, 5.41) is 4.91. The van der Waals surface area contributed by atoms with E-state index in [-0.39, 0.29) is 13.2 Å². The van der Waals surface area contributed by atoms with Crippen LogP contribution >= 0.6 is 0 Å². The minimum atomic E-state index is -0.818. The van der Waals surface area contributed by atoms with Crippen molar-refractivity contribution in [1.29, 1.82) is 0 Å². The first-order chi connectivity index (χ1) is 14.1. The smallest absolute Gasteiger partial charge is 0.313 e. The van der Waals surface area contributed by atoms with Gasteiger partial charge in [-0.05, 0) is 41.5 Å². The van der Waals surface area contributed by atoms with E-state index in [2.05, 4.69) is 22.8 Å². The Labute approximate surface area is 168 Å². The van der Waals surface area contributed by atoms with Crippen molar-refractivity contribution in [2.24, 2.45) is 0 Å². The lowest BCUT2D eigenvalue weighted by molar-refractivity contribution is -0.136. The summed E-state index contributed by atoms with van der Waals surface area (Å²) in [5.74, 6) is -1.28. The first-order valence-electron chi connectivity index (χ1n) is 9.21. The zero-order chi connectivity index (χ0) is 20.5. The molecular weight excluding hydrogens is 371 g/mol. The number of nitrogens with one attached hydrogen (secondary N) is 2. The van der Waals surface area contributed by atoms with Gasteiger partial charge in [-0.25, -0.2) is 4.39 Å². The van der Waals surface area contributed by atoms with Crippen LogP contribution in [0.25, 0.3) is 0 Å². The molecule has 29 heavy (non-hydrogen) atoms. The molecule has 0 radical (unpaired) electrons. The van der Waals surface area contributed by atoms with Gasteiger partial charge in [0.25, 0.3) is 0 Å². The van der Waals surface area contributed by atoms with E-state index < -0.39 is 17.6 Å². The van der Waals surface area contributed by atoms with Crippen molar-refractivity contribution in [3.8, 4) is 5.75 Å². The number of anilines is 1. The monoisotopic (exact) mass is 392 g/mol. The maximum absolute atomic E-state index is 12.9. The third-order valence-electron chi connectivity index (χ3n) is 4.16. The molecule has 2 N–H and O–H groups in total. The van der Waals surface area contributed by atoms with Gasteiger partial charge >= 0.3 is 11.8 Å². The molecule has 0 unspecified atom stereocenters. The van der Waals surface area contributed by atoms with Crippen LogP contribution in [0.3, 0.4) is 0 Å². The predicted molar refractivity (Wildman–Crippen MR) is 109 cm³/mol. The molecule has 0 atom stereocenters. The van der Waals surface area contributed by atoms with Crippen LogP contribution in [0.5, 0.6) is 5.75 Å². The lowest BCUT2D eigenvalue weighted by Crippen LogP contribution is -2.37. The molecule has 148 valence electrons. The third kappa shape index (κ3) is 6.17. The van der Waals surface area contributed by atoms with Crippen LogP contribution in [0.2, 0.25) is 0 Å². The van der Waals surface area contributed by atoms with E-state index in [1.807, 2.05) is 42.5 Å². The van der Waals surface area contributed by atoms with Crippen LogP contribution in [0.4, 0.5) is 10.1 Å². The SMILES string of the molecule is O=C(NCCOc1ccccc1Cc1ccccc1)C(=O)Nc1ccc(F)cc1. The molecule has 3 aromatic carbocycles. The number of hydrogen-bond donors (Lipinski definition) is 2. The topological polar surface area (TPSA) is 67.4 Å². The second-order valence-corrected chi connectivity index (χ2v) is 6.34. The van der Waals surface area contributed by atoms with Gasteiger partial charge in [-0.1, -0.05) is 48.5 Å². The molecule has 0 aliphatic rings. The quantitative estimate of drug-likeness (QED) is 0.477. The second kappa shape index (κ2) is 10.0. The number of amides is 2. The van der Waals surface area contributed by atoms with Crippen molar-refractivity contribution >= 4 is 17.5 Å². The molecule has 0 fully saturated rings. The van der Waals surface area contributed by atoms with E-state index in [0.29, 0.717) is 5.69 Å². The summed E-state index contributed by atoms with van der Waals surface area (Å²) < 4.78 is 18.7. The fraction of sp³-hybridized carbons (Fsp3) is 0.130. The molecule has 3 rings (SSSR count). The number of halogens is 1. The molecule has 5 nitrogen and oxygen atoms in total. The summed E-state index contributed by atoms with van der Waals surface area (Å²) >= 11 is 0. The van der Waals surface area contributed by atoms with Crippen molar-refractivity contribution in [2.45, 2.75) is 6.42 Å². The Morgan fingerprint density at radius 1 is 0.828 bits per heavy atom. The van der Waals surface area contributed by atoms with E-state index in [9.17, 15) is 14.0 Å². The fourth-order valence-corrected chi connectivity index (χ4v) is 2.73. The van der Waals surface area contributed by atoms with Gasteiger partial charge in [0.05, 0.1) is 6.54 Å². The standard InChI is InChI=1S/C23H21FN2O3/c24-19-10-12-20(13-11-19)26-23(28)22(27)25-14-15-29-21-9-5-4-8-18(21)16-17-6-2-1-3-7-17/h1-13H,14-16H2,(H,25,27)(H,26,28). The number of rotatable bonds is 7. The summed E-state index contributed by atoms with van der Waals surface area (Å²) in [6.45, 7) is 0.400. The largest absolute Gasteiger partial charge is 0.491 e. The Kier molecular flexibility index (Phi) is 6.95. The number of carbonyl (C=O) groups excluding carboxylic acids is 2. The number of carbonyl (C=O) groups is 2. The molecule has 0 aliphatic carbocycles. The fourth-order valence-electron chi connectivity index (χ4n) is 2.73. The number of benzene rings is 3. The highest BCUT2D eigenvalue weighted by molar-refractivity contribution is 6.39. The van der Waals surface area contributed by atoms with E-state index in [0.717, 1.165) is 17.7 Å². The highest BCUT2D eigenvalue weighted by atomic mass is 19.1. The molecule has 0 spiro atoms. The van der Waals surface area contributed by atoms with Crippen LogP contribution in [-0.4, -0.2) is 25.0 Å². The van der Waals surface area contributed by atoms with Crippen molar-refractivity contribution < 1.29 is 18.7 Å². The number of ether oxygens (including phenoxy) is 1. The minimum absolute atomic E-state index is 0.176. The third-order valence-corrected chi connectivity index (χ3v) is 4.16. The Morgan fingerprint density at radius 3 is 2.28 bits per heavy atom. The van der Waals surface area contributed by atoms with Crippen LogP contribution in [0, 0.1) is 5.82 Å². The van der Waals surface area contributed by atoms with E-state index in [4.69, 9.17) is 4.74 Å². The Hall–Kier alpha value is -3.67. The van der Waals surface area contributed by atoms with Gasteiger partial charge in [-0.3, -0.25) is 9.59 Å². The number of para-hydroxylation sites is 1. The minimum Gasteiger partial charge on any atom is -0.491 e. The van der Waals surface area contributed by atoms with E-state index in [1.165, 1.54) is 29.8 Å². The average Bonchev–Trinajstić information content (AvgIpc) is 2.74. The van der Waals surface area contributed by atoms with Gasteiger partial charge in [0.1, 0.15) is 18.2 Å². The molecule has 0 aromatic heterocycles. The van der Waals surface area contributed by atoms with Crippen molar-refractivity contribution in [3.05, 3.63) is 95.8 Å². The van der Waals surface area contributed by atoms with Gasteiger partial charge in [0.2, 0.25) is 0 Å². The Balaban J connectivity index is 1.46. The lowest BCUT2D eigenvalue weighted by atomic mass is 10.0. The Bertz CT molecular complexity index is 959. The summed E-state index contributed by atoms with van der Waals surface area (Å²) in [6.07, 6.45) is 0.740. The van der Waals surface area contributed by atoms with Crippen LogP contribution in [-0.2, 0) is 16.0 Å². The predicted octanol–water partition coefficient (Wildman–Crippen LogP) is 3.55. The van der Waals surface area contributed by atoms with Crippen molar-refractivity contribution in [3.63, 3.8) is 0 Å². The summed E-state index contributed by atoms with van der Waals surface area (Å²) in [6, 6.07) is 22.9. The Morgan fingerprint density at radius 2 is 1.52 bits per heavy atom. The number of hydrogen-bond acceptors (Lipinski definition) is 3. The molecular formula is C23H21FN2O3. The van der Waals surface area contributed by atoms with Gasteiger partial charge in [0.15, 0.2) is 0 Å². The van der Waals surface area contributed by atoms with Crippen LogP contribution in [0.15, 0.2) is 78.9 Å². The van der Waals surface area contributed by atoms with Gasteiger partial charge in [-0.2, -0.15) is 0 Å². The van der Waals surface area contributed by atoms with Gasteiger partial charge in [-0.15, -0.1) is 0 Å². The maximum atomic E-state index is 12.9. The van der Waals surface area contributed by atoms with E-state index in [1.54, 1.807) is 0 Å². The average molecular weight is 392 g/mol. The molecule has 0 saturated heterocycles. The highest BCUT2D eigenvalue weighted by Crippen LogP contribution is 2.21. The lowest BCUT2D eigenvalue weighted by Gasteiger charge is -2.12. The van der Waals surface area contributed by atoms with E-state index >= 15 is 0 Å². The summed E-state index contributed by atoms with van der Waals surface area (Å²) in [7, 11) is 0. The zero-order valence-corrected chi connectivity index (χ0v) is 15.7. The summed E-state index contributed by atoms with van der Waals surface area (Å²) in [5.41, 5.74) is 2.56. The molecule has 3 aromatic rings. The van der Waals surface area contributed by atoms with Gasteiger partial charge in [0, 0.05) is 12.1 Å². The second-order valence-electron chi connectivity index (χ2n) is 6.34.